The number of pyridine rings is 1. The van der Waals surface area contributed by atoms with Crippen molar-refractivity contribution in [3.05, 3.63) is 169 Å². The van der Waals surface area contributed by atoms with Gasteiger partial charge in [-0.1, -0.05) is 155 Å². The molecule has 0 aliphatic rings. The van der Waals surface area contributed by atoms with Crippen LogP contribution in [0.1, 0.15) is 52.7 Å². The number of imidazole rings is 1. The summed E-state index contributed by atoms with van der Waals surface area (Å²) in [5, 5.41) is 16.5. The Hall–Kier alpha value is -6.29. The van der Waals surface area contributed by atoms with E-state index in [9.17, 15) is 5.11 Å². The maximum atomic E-state index is 12.2. The van der Waals surface area contributed by atoms with Gasteiger partial charge in [-0.2, -0.15) is 0 Å². The van der Waals surface area contributed by atoms with Crippen molar-refractivity contribution >= 4 is 43.7 Å². The first-order valence-corrected chi connectivity index (χ1v) is 20.2. The van der Waals surface area contributed by atoms with Crippen molar-refractivity contribution in [1.29, 1.82) is 0 Å². The number of phenols is 1. The third kappa shape index (κ3) is 6.81. The van der Waals surface area contributed by atoms with Crippen LogP contribution in [0.2, 0.25) is 0 Å². The van der Waals surface area contributed by atoms with Crippen molar-refractivity contribution in [2.45, 2.75) is 52.4 Å². The van der Waals surface area contributed by atoms with Gasteiger partial charge in [0.2, 0.25) is 0 Å². The number of hydrogen-bond acceptors (Lipinski definition) is 4. The number of nitrogens with zero attached hydrogens (tertiary/aromatic N) is 3. The van der Waals surface area contributed by atoms with Gasteiger partial charge in [0.25, 0.3) is 0 Å². The van der Waals surface area contributed by atoms with Crippen LogP contribution < -0.4 is 0 Å². The number of aromatic hydroxyl groups is 1. The molecule has 0 bridgehead atoms. The average molecular weight is 962 g/mol. The molecule has 0 saturated carbocycles. The largest absolute Gasteiger partial charge is 0.507 e. The third-order valence-corrected chi connectivity index (χ3v) is 11.5. The Bertz CT molecular complexity index is 3240. The number of furan rings is 1. The zero-order valence-corrected chi connectivity index (χ0v) is 36.7. The standard InChI is InChI=1S/C54H44N3O2.Pt/c1-53(2,3)39-29-44(51(58)45(30-39)54(4,5)6)52-56-50-41(22-15-23-47(50)57(52)40-20-11-8-12-21-40)37-24-36(33-16-9-7-10-17-33)25-38(26-37)46-31-43-42-27-34-18-13-14-19-35(34)28-48(42)59-49(43)32-55-46;/h7-25,27-32,58H,1-6H3;/q-1;. The van der Waals surface area contributed by atoms with Crippen molar-refractivity contribution in [1.82, 2.24) is 14.5 Å². The van der Waals surface area contributed by atoms with E-state index in [4.69, 9.17) is 14.4 Å². The van der Waals surface area contributed by atoms with Crippen LogP contribution in [-0.2, 0) is 31.9 Å². The minimum Gasteiger partial charge on any atom is -0.507 e. The van der Waals surface area contributed by atoms with Crippen LogP contribution in [0.5, 0.6) is 5.75 Å². The molecule has 0 spiro atoms. The van der Waals surface area contributed by atoms with Gasteiger partial charge in [-0.3, -0.25) is 9.55 Å². The molecule has 10 rings (SSSR count). The average Bonchev–Trinajstić information content (AvgIpc) is 3.80. The number of phenolic OH excluding ortho intramolecular Hbond substituents is 1. The fraction of sp³-hybridized carbons (Fsp3) is 0.148. The number of para-hydroxylation sites is 2. The minimum absolute atomic E-state index is 0. The van der Waals surface area contributed by atoms with Gasteiger partial charge in [-0.15, -0.1) is 23.8 Å². The summed E-state index contributed by atoms with van der Waals surface area (Å²) in [7, 11) is 0. The molecule has 0 fully saturated rings. The topological polar surface area (TPSA) is 64.1 Å². The number of hydrogen-bond donors (Lipinski definition) is 1. The van der Waals surface area contributed by atoms with Crippen molar-refractivity contribution in [2.75, 3.05) is 0 Å². The predicted octanol–water partition coefficient (Wildman–Crippen LogP) is 14.2. The molecule has 7 aromatic carbocycles. The van der Waals surface area contributed by atoms with Crippen LogP contribution >= 0.6 is 0 Å². The number of aromatic nitrogens is 3. The first-order chi connectivity index (χ1) is 28.4. The van der Waals surface area contributed by atoms with Gasteiger partial charge < -0.3 is 9.52 Å². The molecule has 3 heterocycles. The molecule has 0 saturated heterocycles. The SMILES string of the molecule is CC(C)(C)c1cc(-c2nc3c(-c4[c-]c(-c5cc6c(cn5)oc5cc7ccccc7cc56)cc(-c5ccccc5)c4)cccc3n2-c2ccccc2)c(O)c(C(C)(C)C)c1.[Pt]. The van der Waals surface area contributed by atoms with Crippen LogP contribution in [0, 0.1) is 6.07 Å². The quantitative estimate of drug-likeness (QED) is 0.175. The maximum Gasteiger partial charge on any atom is 0.152 e. The molecular formula is C54H44N3O2Pt-. The van der Waals surface area contributed by atoms with Crippen LogP contribution in [0.25, 0.3) is 94.3 Å². The number of rotatable bonds is 5. The second-order valence-corrected chi connectivity index (χ2v) is 17.6. The van der Waals surface area contributed by atoms with E-state index in [-0.39, 0.29) is 37.6 Å². The molecule has 0 atom stereocenters. The maximum absolute atomic E-state index is 12.2. The summed E-state index contributed by atoms with van der Waals surface area (Å²) in [6.45, 7) is 13.1. The van der Waals surface area contributed by atoms with Crippen LogP contribution in [0.3, 0.4) is 0 Å². The molecule has 1 N–H and O–H groups in total. The van der Waals surface area contributed by atoms with E-state index < -0.39 is 0 Å². The molecule has 3 aromatic heterocycles. The van der Waals surface area contributed by atoms with Gasteiger partial charge in [0.15, 0.2) is 5.58 Å². The third-order valence-electron chi connectivity index (χ3n) is 11.5. The van der Waals surface area contributed by atoms with E-state index in [1.54, 1.807) is 0 Å². The second-order valence-electron chi connectivity index (χ2n) is 17.6. The molecular weight excluding hydrogens is 918 g/mol. The Labute approximate surface area is 364 Å². The van der Waals surface area contributed by atoms with E-state index in [0.29, 0.717) is 11.4 Å². The van der Waals surface area contributed by atoms with Crippen molar-refractivity contribution in [3.8, 4) is 56.3 Å². The number of benzene rings is 7. The Kier molecular flexibility index (Phi) is 9.64. The Morgan fingerprint density at radius 2 is 1.27 bits per heavy atom. The fourth-order valence-corrected chi connectivity index (χ4v) is 8.31. The summed E-state index contributed by atoms with van der Waals surface area (Å²) in [4.78, 5) is 10.5. The molecule has 60 heavy (non-hydrogen) atoms. The zero-order chi connectivity index (χ0) is 40.6. The fourth-order valence-electron chi connectivity index (χ4n) is 8.31. The summed E-state index contributed by atoms with van der Waals surface area (Å²) in [6, 6.07) is 54.3. The van der Waals surface area contributed by atoms with Gasteiger partial charge >= 0.3 is 0 Å². The summed E-state index contributed by atoms with van der Waals surface area (Å²) >= 11 is 0. The molecule has 10 aromatic rings. The van der Waals surface area contributed by atoms with Gasteiger partial charge in [-0.25, -0.2) is 4.98 Å². The summed E-state index contributed by atoms with van der Waals surface area (Å²) in [5.74, 6) is 0.930. The number of fused-ring (bicyclic) bond motifs is 5. The Morgan fingerprint density at radius 1 is 0.600 bits per heavy atom. The molecule has 0 aliphatic heterocycles. The van der Waals surface area contributed by atoms with Crippen LogP contribution in [0.4, 0.5) is 0 Å². The Morgan fingerprint density at radius 3 is 1.98 bits per heavy atom. The Balaban J connectivity index is 0.00000462. The first-order valence-electron chi connectivity index (χ1n) is 20.2. The summed E-state index contributed by atoms with van der Waals surface area (Å²) < 4.78 is 8.51. The van der Waals surface area contributed by atoms with Crippen LogP contribution in [-0.4, -0.2) is 19.6 Å². The van der Waals surface area contributed by atoms with E-state index in [1.165, 1.54) is 0 Å². The van der Waals surface area contributed by atoms with Gasteiger partial charge in [0, 0.05) is 48.8 Å². The van der Waals surface area contributed by atoms with Gasteiger partial charge in [0.1, 0.15) is 17.2 Å². The molecule has 6 heteroatoms. The monoisotopic (exact) mass is 961 g/mol. The van der Waals surface area contributed by atoms with Crippen molar-refractivity contribution < 1.29 is 30.6 Å². The summed E-state index contributed by atoms with van der Waals surface area (Å²) in [5.41, 5.74) is 12.2. The molecule has 0 unspecified atom stereocenters. The molecule has 0 aliphatic carbocycles. The molecule has 0 amide bonds. The van der Waals surface area contributed by atoms with E-state index in [2.05, 4.69) is 167 Å². The normalized spacial score (nSPS) is 12.1. The van der Waals surface area contributed by atoms with E-state index in [0.717, 1.165) is 94.1 Å². The second kappa shape index (κ2) is 14.8. The van der Waals surface area contributed by atoms with Crippen molar-refractivity contribution in [3.63, 3.8) is 0 Å². The van der Waals surface area contributed by atoms with E-state index in [1.807, 2.05) is 36.5 Å². The van der Waals surface area contributed by atoms with Crippen molar-refractivity contribution in [2.24, 2.45) is 0 Å². The van der Waals surface area contributed by atoms with Gasteiger partial charge in [0.05, 0.1) is 22.8 Å². The smallest absolute Gasteiger partial charge is 0.152 e. The summed E-state index contributed by atoms with van der Waals surface area (Å²) in [6.07, 6.45) is 1.83. The first kappa shape index (κ1) is 39.2. The minimum atomic E-state index is -0.300. The molecule has 0 radical (unpaired) electrons. The van der Waals surface area contributed by atoms with Crippen LogP contribution in [0.15, 0.2) is 156 Å². The molecule has 5 nitrogen and oxygen atoms in total. The molecule has 298 valence electrons. The van der Waals surface area contributed by atoms with Gasteiger partial charge in [-0.05, 0) is 69.1 Å². The zero-order valence-electron chi connectivity index (χ0n) is 34.4. The van der Waals surface area contributed by atoms with E-state index >= 15 is 0 Å². The predicted molar refractivity (Wildman–Crippen MR) is 243 cm³/mol.